The Morgan fingerprint density at radius 3 is 1.43 bits per heavy atom. The van der Waals surface area contributed by atoms with Crippen molar-refractivity contribution in [3.8, 4) is 11.5 Å². The predicted octanol–water partition coefficient (Wildman–Crippen LogP) is 4.22. The molecule has 0 spiro atoms. The molecule has 0 atom stereocenters. The summed E-state index contributed by atoms with van der Waals surface area (Å²) in [6.45, 7) is 3.62. The minimum absolute atomic E-state index is 0.122. The van der Waals surface area contributed by atoms with Crippen LogP contribution in [0.3, 0.4) is 0 Å². The lowest BCUT2D eigenvalue weighted by Crippen LogP contribution is -2.17. The first-order valence-corrected chi connectivity index (χ1v) is 8.66. The van der Waals surface area contributed by atoms with Crippen LogP contribution in [0.25, 0.3) is 0 Å². The fourth-order valence-electron chi connectivity index (χ4n) is 2.75. The van der Waals surface area contributed by atoms with E-state index in [1.54, 1.807) is 36.4 Å². The van der Waals surface area contributed by atoms with Gasteiger partial charge < -0.3 is 20.8 Å². The molecule has 142 valence electrons. The molecule has 0 aliphatic rings. The average Bonchev–Trinajstić information content (AvgIpc) is 2.63. The number of aryl methyl sites for hydroxylation is 2. The van der Waals surface area contributed by atoms with E-state index in [1.807, 2.05) is 13.8 Å². The van der Waals surface area contributed by atoms with Gasteiger partial charge in [-0.1, -0.05) is 24.3 Å². The number of carbonyl (C=O) groups excluding carboxylic acids is 2. The molecule has 0 aliphatic carbocycles. The van der Waals surface area contributed by atoms with Crippen molar-refractivity contribution in [3.05, 3.63) is 82.9 Å². The van der Waals surface area contributed by atoms with E-state index in [4.69, 9.17) is 0 Å². The summed E-state index contributed by atoms with van der Waals surface area (Å²) in [6, 6.07) is 16.2. The normalized spacial score (nSPS) is 10.4. The highest BCUT2D eigenvalue weighted by molar-refractivity contribution is 6.11. The van der Waals surface area contributed by atoms with Crippen LogP contribution in [-0.2, 0) is 0 Å². The topological polar surface area (TPSA) is 98.7 Å². The minimum atomic E-state index is -0.502. The second-order valence-corrected chi connectivity index (χ2v) is 6.50. The molecule has 0 radical (unpaired) electrons. The summed E-state index contributed by atoms with van der Waals surface area (Å²) in [4.78, 5) is 25.0. The molecule has 3 aromatic rings. The van der Waals surface area contributed by atoms with E-state index in [-0.39, 0.29) is 22.6 Å². The Kier molecular flexibility index (Phi) is 5.31. The number of hydrogen-bond acceptors (Lipinski definition) is 4. The zero-order valence-electron chi connectivity index (χ0n) is 15.5. The van der Waals surface area contributed by atoms with Gasteiger partial charge in [0.1, 0.15) is 11.5 Å². The standard InChI is InChI=1S/C22H20N2O4/c1-13-7-9-15(19(25)11-13)21(27)23-17-5-3-4-6-18(17)24-22(28)16-10-8-14(2)12-20(16)26/h3-12,25-26H,1-2H3,(H,23,27)(H,24,28). The Bertz CT molecular complexity index is 976. The second-order valence-electron chi connectivity index (χ2n) is 6.50. The van der Waals surface area contributed by atoms with E-state index in [9.17, 15) is 19.8 Å². The summed E-state index contributed by atoms with van der Waals surface area (Å²) in [6.07, 6.45) is 0. The lowest BCUT2D eigenvalue weighted by Gasteiger charge is -2.13. The van der Waals surface area contributed by atoms with E-state index in [2.05, 4.69) is 10.6 Å². The molecule has 28 heavy (non-hydrogen) atoms. The van der Waals surface area contributed by atoms with Crippen molar-refractivity contribution in [1.29, 1.82) is 0 Å². The first kappa shape index (κ1) is 19.0. The van der Waals surface area contributed by atoms with E-state index in [1.165, 1.54) is 24.3 Å². The first-order valence-electron chi connectivity index (χ1n) is 8.66. The van der Waals surface area contributed by atoms with Crippen LogP contribution in [0.15, 0.2) is 60.7 Å². The van der Waals surface area contributed by atoms with Crippen LogP contribution in [-0.4, -0.2) is 22.0 Å². The minimum Gasteiger partial charge on any atom is -0.507 e. The molecule has 0 aromatic heterocycles. The Hall–Kier alpha value is -3.80. The molecule has 6 heteroatoms. The Labute approximate surface area is 162 Å². The van der Waals surface area contributed by atoms with Crippen molar-refractivity contribution in [3.63, 3.8) is 0 Å². The molecule has 0 saturated heterocycles. The maximum atomic E-state index is 12.5. The molecule has 0 unspecified atom stereocenters. The average molecular weight is 376 g/mol. The third-order valence-electron chi connectivity index (χ3n) is 4.22. The van der Waals surface area contributed by atoms with E-state index in [0.717, 1.165) is 11.1 Å². The number of phenolic OH excluding ortho intramolecular Hbond substituents is 2. The van der Waals surface area contributed by atoms with Crippen LogP contribution in [0.2, 0.25) is 0 Å². The van der Waals surface area contributed by atoms with Crippen LogP contribution < -0.4 is 10.6 Å². The summed E-state index contributed by atoms with van der Waals surface area (Å²) >= 11 is 0. The molecular formula is C22H20N2O4. The summed E-state index contributed by atoms with van der Waals surface area (Å²) in [5, 5.41) is 25.4. The van der Waals surface area contributed by atoms with E-state index >= 15 is 0 Å². The van der Waals surface area contributed by atoms with Crippen molar-refractivity contribution >= 4 is 23.2 Å². The molecule has 3 rings (SSSR count). The molecule has 0 fully saturated rings. The first-order chi connectivity index (χ1) is 13.3. The highest BCUT2D eigenvalue weighted by Gasteiger charge is 2.16. The SMILES string of the molecule is Cc1ccc(C(=O)Nc2ccccc2NC(=O)c2ccc(C)cc2O)c(O)c1. The molecule has 0 aliphatic heterocycles. The Morgan fingerprint density at radius 1 is 0.679 bits per heavy atom. The number of para-hydroxylation sites is 2. The monoisotopic (exact) mass is 376 g/mol. The van der Waals surface area contributed by atoms with Gasteiger partial charge in [-0.05, 0) is 61.4 Å². The van der Waals surface area contributed by atoms with Crippen LogP contribution in [0.5, 0.6) is 11.5 Å². The Balaban J connectivity index is 1.83. The number of benzene rings is 3. The van der Waals surface area contributed by atoms with Crippen molar-refractivity contribution < 1.29 is 19.8 Å². The van der Waals surface area contributed by atoms with Gasteiger partial charge >= 0.3 is 0 Å². The predicted molar refractivity (Wildman–Crippen MR) is 108 cm³/mol. The lowest BCUT2D eigenvalue weighted by molar-refractivity contribution is 0.101. The van der Waals surface area contributed by atoms with Crippen molar-refractivity contribution in [2.75, 3.05) is 10.6 Å². The summed E-state index contributed by atoms with van der Waals surface area (Å²) in [7, 11) is 0. The summed E-state index contributed by atoms with van der Waals surface area (Å²) < 4.78 is 0. The second kappa shape index (κ2) is 7.84. The molecule has 4 N–H and O–H groups in total. The van der Waals surface area contributed by atoms with Gasteiger partial charge in [-0.2, -0.15) is 0 Å². The van der Waals surface area contributed by atoms with Crippen LogP contribution >= 0.6 is 0 Å². The molecule has 2 amide bonds. The number of rotatable bonds is 4. The zero-order valence-corrected chi connectivity index (χ0v) is 15.5. The van der Waals surface area contributed by atoms with Crippen molar-refractivity contribution in [2.24, 2.45) is 0 Å². The van der Waals surface area contributed by atoms with Crippen molar-refractivity contribution in [1.82, 2.24) is 0 Å². The fourth-order valence-corrected chi connectivity index (χ4v) is 2.75. The van der Waals surface area contributed by atoms with Gasteiger partial charge in [0, 0.05) is 0 Å². The Morgan fingerprint density at radius 2 is 1.07 bits per heavy atom. The lowest BCUT2D eigenvalue weighted by atomic mass is 10.1. The highest BCUT2D eigenvalue weighted by atomic mass is 16.3. The molecular weight excluding hydrogens is 356 g/mol. The van der Waals surface area contributed by atoms with Crippen LogP contribution in [0, 0.1) is 13.8 Å². The van der Waals surface area contributed by atoms with Crippen molar-refractivity contribution in [2.45, 2.75) is 13.8 Å². The fraction of sp³-hybridized carbons (Fsp3) is 0.0909. The summed E-state index contributed by atoms with van der Waals surface area (Å²) in [5.74, 6) is -1.25. The quantitative estimate of drug-likeness (QED) is 0.548. The third kappa shape index (κ3) is 4.12. The van der Waals surface area contributed by atoms with Crippen LogP contribution in [0.1, 0.15) is 31.8 Å². The maximum absolute atomic E-state index is 12.5. The zero-order chi connectivity index (χ0) is 20.3. The molecule has 0 saturated carbocycles. The largest absolute Gasteiger partial charge is 0.507 e. The number of phenols is 2. The number of aromatic hydroxyl groups is 2. The van der Waals surface area contributed by atoms with E-state index < -0.39 is 11.8 Å². The maximum Gasteiger partial charge on any atom is 0.259 e. The van der Waals surface area contributed by atoms with Gasteiger partial charge in [0.25, 0.3) is 11.8 Å². The molecule has 6 nitrogen and oxygen atoms in total. The van der Waals surface area contributed by atoms with E-state index in [0.29, 0.717) is 11.4 Å². The smallest absolute Gasteiger partial charge is 0.259 e. The number of carbonyl (C=O) groups is 2. The highest BCUT2D eigenvalue weighted by Crippen LogP contribution is 2.26. The van der Waals surface area contributed by atoms with Crippen LogP contribution in [0.4, 0.5) is 11.4 Å². The van der Waals surface area contributed by atoms with Gasteiger partial charge in [-0.3, -0.25) is 9.59 Å². The molecule has 0 bridgehead atoms. The number of anilines is 2. The van der Waals surface area contributed by atoms with Gasteiger partial charge in [-0.15, -0.1) is 0 Å². The van der Waals surface area contributed by atoms with Gasteiger partial charge in [0.05, 0.1) is 22.5 Å². The van der Waals surface area contributed by atoms with Gasteiger partial charge in [0.15, 0.2) is 0 Å². The molecule has 0 heterocycles. The third-order valence-corrected chi connectivity index (χ3v) is 4.22. The number of hydrogen-bond donors (Lipinski definition) is 4. The van der Waals surface area contributed by atoms with Gasteiger partial charge in [0.2, 0.25) is 0 Å². The number of nitrogens with one attached hydrogen (secondary N) is 2. The van der Waals surface area contributed by atoms with Gasteiger partial charge in [-0.25, -0.2) is 0 Å². The number of amides is 2. The summed E-state index contributed by atoms with van der Waals surface area (Å²) in [5.41, 5.74) is 2.66. The molecule has 3 aromatic carbocycles.